The highest BCUT2D eigenvalue weighted by atomic mass is 16.3. The van der Waals surface area contributed by atoms with Gasteiger partial charge in [0.1, 0.15) is 0 Å². The van der Waals surface area contributed by atoms with Gasteiger partial charge in [0.05, 0.1) is 17.3 Å². The van der Waals surface area contributed by atoms with Gasteiger partial charge in [-0.25, -0.2) is 4.52 Å². The standard InChI is InChI=1S/C10H13N3O/c1-7-10(9(14)6-11)8-4-2-3-5-13(8)12-7/h2-5,9,14H,6,11H2,1H3. The summed E-state index contributed by atoms with van der Waals surface area (Å²) in [4.78, 5) is 0. The van der Waals surface area contributed by atoms with Crippen LogP contribution in [0.15, 0.2) is 24.4 Å². The Morgan fingerprint density at radius 3 is 3.07 bits per heavy atom. The molecular weight excluding hydrogens is 178 g/mol. The lowest BCUT2D eigenvalue weighted by Crippen LogP contribution is -2.12. The second-order valence-electron chi connectivity index (χ2n) is 3.28. The number of aliphatic hydroxyl groups excluding tert-OH is 1. The zero-order valence-electron chi connectivity index (χ0n) is 8.01. The molecule has 0 fully saturated rings. The highest BCUT2D eigenvalue weighted by Gasteiger charge is 2.15. The van der Waals surface area contributed by atoms with Crippen LogP contribution in [-0.2, 0) is 0 Å². The van der Waals surface area contributed by atoms with Crippen LogP contribution in [0.3, 0.4) is 0 Å². The molecule has 0 bridgehead atoms. The number of rotatable bonds is 2. The van der Waals surface area contributed by atoms with E-state index in [1.54, 1.807) is 4.52 Å². The van der Waals surface area contributed by atoms with Crippen molar-refractivity contribution >= 4 is 5.52 Å². The van der Waals surface area contributed by atoms with Crippen LogP contribution in [-0.4, -0.2) is 21.3 Å². The Morgan fingerprint density at radius 1 is 1.57 bits per heavy atom. The van der Waals surface area contributed by atoms with E-state index < -0.39 is 6.10 Å². The molecule has 0 aromatic carbocycles. The molecule has 1 atom stereocenters. The number of aryl methyl sites for hydroxylation is 1. The summed E-state index contributed by atoms with van der Waals surface area (Å²) in [7, 11) is 0. The summed E-state index contributed by atoms with van der Waals surface area (Å²) in [5.74, 6) is 0. The number of pyridine rings is 1. The van der Waals surface area contributed by atoms with Gasteiger partial charge in [-0.05, 0) is 19.1 Å². The minimum absolute atomic E-state index is 0.219. The highest BCUT2D eigenvalue weighted by Crippen LogP contribution is 2.21. The van der Waals surface area contributed by atoms with E-state index in [-0.39, 0.29) is 6.54 Å². The van der Waals surface area contributed by atoms with E-state index >= 15 is 0 Å². The molecule has 0 aliphatic rings. The minimum Gasteiger partial charge on any atom is -0.387 e. The maximum Gasteiger partial charge on any atom is 0.0951 e. The van der Waals surface area contributed by atoms with Crippen LogP contribution in [0, 0.1) is 6.92 Å². The molecule has 2 aromatic rings. The van der Waals surface area contributed by atoms with Gasteiger partial charge in [-0.1, -0.05) is 6.07 Å². The molecule has 0 spiro atoms. The Morgan fingerprint density at radius 2 is 2.36 bits per heavy atom. The van der Waals surface area contributed by atoms with E-state index in [4.69, 9.17) is 5.73 Å². The Bertz CT molecular complexity index is 450. The van der Waals surface area contributed by atoms with E-state index in [1.807, 2.05) is 31.3 Å². The normalized spacial score (nSPS) is 13.4. The SMILES string of the molecule is Cc1nn2ccccc2c1C(O)CN. The maximum absolute atomic E-state index is 9.72. The van der Waals surface area contributed by atoms with Crippen LogP contribution in [0.1, 0.15) is 17.4 Å². The van der Waals surface area contributed by atoms with Gasteiger partial charge >= 0.3 is 0 Å². The lowest BCUT2D eigenvalue weighted by molar-refractivity contribution is 0.187. The topological polar surface area (TPSA) is 63.5 Å². The van der Waals surface area contributed by atoms with Gasteiger partial charge in [-0.2, -0.15) is 5.10 Å². The molecule has 14 heavy (non-hydrogen) atoms. The summed E-state index contributed by atoms with van der Waals surface area (Å²) in [6.07, 6.45) is 1.23. The van der Waals surface area contributed by atoms with Gasteiger partial charge in [0.25, 0.3) is 0 Å². The molecule has 74 valence electrons. The molecule has 3 N–H and O–H groups in total. The summed E-state index contributed by atoms with van der Waals surface area (Å²) in [5, 5.41) is 14.0. The summed E-state index contributed by atoms with van der Waals surface area (Å²) >= 11 is 0. The smallest absolute Gasteiger partial charge is 0.0951 e. The average molecular weight is 191 g/mol. The molecule has 0 saturated heterocycles. The second kappa shape index (κ2) is 3.40. The fourth-order valence-corrected chi connectivity index (χ4v) is 1.67. The Kier molecular flexibility index (Phi) is 2.23. The summed E-state index contributed by atoms with van der Waals surface area (Å²) in [6, 6.07) is 5.75. The highest BCUT2D eigenvalue weighted by molar-refractivity contribution is 5.57. The van der Waals surface area contributed by atoms with Crippen LogP contribution in [0.5, 0.6) is 0 Å². The number of aliphatic hydroxyl groups is 1. The largest absolute Gasteiger partial charge is 0.387 e. The Labute approximate surface area is 82.0 Å². The third-order valence-electron chi connectivity index (χ3n) is 2.32. The van der Waals surface area contributed by atoms with E-state index in [1.165, 1.54) is 0 Å². The van der Waals surface area contributed by atoms with Crippen molar-refractivity contribution in [3.05, 3.63) is 35.7 Å². The van der Waals surface area contributed by atoms with Crippen molar-refractivity contribution in [3.63, 3.8) is 0 Å². The first-order valence-electron chi connectivity index (χ1n) is 4.56. The number of hydrogen-bond donors (Lipinski definition) is 2. The second-order valence-corrected chi connectivity index (χ2v) is 3.28. The summed E-state index contributed by atoms with van der Waals surface area (Å²) < 4.78 is 1.75. The van der Waals surface area contributed by atoms with E-state index in [0.717, 1.165) is 16.8 Å². The predicted molar refractivity (Wildman–Crippen MR) is 53.9 cm³/mol. The number of nitrogens with two attached hydrogens (primary N) is 1. The van der Waals surface area contributed by atoms with Crippen LogP contribution in [0.25, 0.3) is 5.52 Å². The van der Waals surface area contributed by atoms with Crippen LogP contribution in [0.4, 0.5) is 0 Å². The molecule has 0 saturated carbocycles. The monoisotopic (exact) mass is 191 g/mol. The van der Waals surface area contributed by atoms with Crippen LogP contribution in [0.2, 0.25) is 0 Å². The Balaban J connectivity index is 2.67. The van der Waals surface area contributed by atoms with Gasteiger partial charge in [0, 0.05) is 18.3 Å². The minimum atomic E-state index is -0.630. The number of hydrogen-bond acceptors (Lipinski definition) is 3. The average Bonchev–Trinajstić information content (AvgIpc) is 2.53. The third-order valence-corrected chi connectivity index (χ3v) is 2.32. The number of aromatic nitrogens is 2. The van der Waals surface area contributed by atoms with Crippen LogP contribution >= 0.6 is 0 Å². The molecule has 4 nitrogen and oxygen atoms in total. The van der Waals surface area contributed by atoms with Crippen molar-refractivity contribution in [1.82, 2.24) is 9.61 Å². The van der Waals surface area contributed by atoms with Crippen LogP contribution < -0.4 is 5.73 Å². The first-order valence-corrected chi connectivity index (χ1v) is 4.56. The summed E-state index contributed by atoms with van der Waals surface area (Å²) in [6.45, 7) is 2.10. The van der Waals surface area contributed by atoms with Crippen molar-refractivity contribution in [3.8, 4) is 0 Å². The van der Waals surface area contributed by atoms with Crippen molar-refractivity contribution in [1.29, 1.82) is 0 Å². The molecule has 4 heteroatoms. The lowest BCUT2D eigenvalue weighted by Gasteiger charge is -2.06. The van der Waals surface area contributed by atoms with Crippen molar-refractivity contribution in [2.24, 2.45) is 5.73 Å². The lowest BCUT2D eigenvalue weighted by atomic mass is 10.1. The molecule has 2 aromatic heterocycles. The fourth-order valence-electron chi connectivity index (χ4n) is 1.67. The van der Waals surface area contributed by atoms with E-state index in [2.05, 4.69) is 5.10 Å². The molecule has 2 rings (SSSR count). The van der Waals surface area contributed by atoms with E-state index in [0.29, 0.717) is 0 Å². The van der Waals surface area contributed by atoms with Gasteiger partial charge in [0.15, 0.2) is 0 Å². The van der Waals surface area contributed by atoms with Gasteiger partial charge in [-0.3, -0.25) is 0 Å². The molecule has 0 aliphatic heterocycles. The first-order chi connectivity index (χ1) is 6.74. The first kappa shape index (κ1) is 9.18. The van der Waals surface area contributed by atoms with Crippen molar-refractivity contribution in [2.45, 2.75) is 13.0 Å². The fraction of sp³-hybridized carbons (Fsp3) is 0.300. The third kappa shape index (κ3) is 1.29. The molecule has 2 heterocycles. The van der Waals surface area contributed by atoms with Gasteiger partial charge in [0.2, 0.25) is 0 Å². The van der Waals surface area contributed by atoms with E-state index in [9.17, 15) is 5.11 Å². The zero-order chi connectivity index (χ0) is 10.1. The maximum atomic E-state index is 9.72. The zero-order valence-corrected chi connectivity index (χ0v) is 8.01. The molecular formula is C10H13N3O. The quantitative estimate of drug-likeness (QED) is 0.732. The Hall–Kier alpha value is -1.39. The number of fused-ring (bicyclic) bond motifs is 1. The van der Waals surface area contributed by atoms with Crippen molar-refractivity contribution < 1.29 is 5.11 Å². The van der Waals surface area contributed by atoms with Gasteiger partial charge < -0.3 is 10.8 Å². The molecule has 0 radical (unpaired) electrons. The number of nitrogens with zero attached hydrogens (tertiary/aromatic N) is 2. The molecule has 0 amide bonds. The van der Waals surface area contributed by atoms with Gasteiger partial charge in [-0.15, -0.1) is 0 Å². The summed E-state index contributed by atoms with van der Waals surface area (Å²) in [5.41, 5.74) is 8.01. The predicted octanol–water partition coefficient (Wildman–Crippen LogP) is 0.635. The molecule has 0 aliphatic carbocycles. The van der Waals surface area contributed by atoms with Crippen molar-refractivity contribution in [2.75, 3.05) is 6.54 Å². The molecule has 1 unspecified atom stereocenters.